The predicted octanol–water partition coefficient (Wildman–Crippen LogP) is 2.64. The minimum Gasteiger partial charge on any atom is -0.467 e. The van der Waals surface area contributed by atoms with Crippen molar-refractivity contribution in [3.63, 3.8) is 0 Å². The van der Waals surface area contributed by atoms with Crippen molar-refractivity contribution in [3.05, 3.63) is 36.0 Å². The maximum atomic E-state index is 12.5. The molecule has 1 N–H and O–H groups in total. The molecule has 1 amide bonds. The molecular formula is C19H24N2O5. The molecule has 0 unspecified atom stereocenters. The number of nitrogens with one attached hydrogen (secondary N) is 1. The third-order valence-electron chi connectivity index (χ3n) is 3.67. The molecule has 0 spiro atoms. The smallest absolute Gasteiger partial charge is 0.419 e. The maximum Gasteiger partial charge on any atom is 0.419 e. The summed E-state index contributed by atoms with van der Waals surface area (Å²) in [4.78, 5) is 35.9. The number of methoxy groups -OCH3 is 1. The molecule has 0 radical (unpaired) electrons. The molecule has 1 heterocycles. The lowest BCUT2D eigenvalue weighted by atomic mass is 10.1. The number of ether oxygens (including phenoxy) is 2. The number of carbonyl (C=O) groups excluding carboxylic acids is 3. The molecule has 0 bridgehead atoms. The van der Waals surface area contributed by atoms with Crippen molar-refractivity contribution in [2.75, 3.05) is 7.11 Å². The van der Waals surface area contributed by atoms with Gasteiger partial charge < -0.3 is 14.8 Å². The molecule has 2 rings (SSSR count). The predicted molar refractivity (Wildman–Crippen MR) is 96.9 cm³/mol. The topological polar surface area (TPSA) is 86.6 Å². The van der Waals surface area contributed by atoms with Crippen LogP contribution in [-0.2, 0) is 25.5 Å². The van der Waals surface area contributed by atoms with Gasteiger partial charge in [0, 0.05) is 24.9 Å². The Hall–Kier alpha value is -2.83. The van der Waals surface area contributed by atoms with E-state index in [9.17, 15) is 14.4 Å². The third-order valence-corrected chi connectivity index (χ3v) is 3.67. The molecule has 0 saturated heterocycles. The molecule has 26 heavy (non-hydrogen) atoms. The van der Waals surface area contributed by atoms with Gasteiger partial charge in [-0.2, -0.15) is 0 Å². The molecule has 1 aromatic carbocycles. The summed E-state index contributed by atoms with van der Waals surface area (Å²) in [6.45, 7) is 6.71. The van der Waals surface area contributed by atoms with Gasteiger partial charge in [-0.3, -0.25) is 9.36 Å². The molecule has 140 valence electrons. The van der Waals surface area contributed by atoms with Crippen LogP contribution in [0.4, 0.5) is 4.79 Å². The fraction of sp³-hybridized carbons (Fsp3) is 0.421. The fourth-order valence-corrected chi connectivity index (χ4v) is 2.68. The highest BCUT2D eigenvalue weighted by atomic mass is 16.6. The summed E-state index contributed by atoms with van der Waals surface area (Å²) < 4.78 is 11.6. The van der Waals surface area contributed by atoms with Crippen LogP contribution in [0.2, 0.25) is 0 Å². The summed E-state index contributed by atoms with van der Waals surface area (Å²) >= 11 is 0. The molecule has 0 fully saturated rings. The lowest BCUT2D eigenvalue weighted by Crippen LogP contribution is -2.41. The molecule has 0 aliphatic heterocycles. The number of esters is 1. The zero-order valence-corrected chi connectivity index (χ0v) is 15.7. The van der Waals surface area contributed by atoms with Crippen LogP contribution in [0.1, 0.15) is 33.3 Å². The summed E-state index contributed by atoms with van der Waals surface area (Å²) in [6, 6.07) is 6.48. The third kappa shape index (κ3) is 4.62. The van der Waals surface area contributed by atoms with Crippen LogP contribution in [0, 0.1) is 0 Å². The zero-order valence-electron chi connectivity index (χ0n) is 15.7. The van der Waals surface area contributed by atoms with Gasteiger partial charge in [-0.25, -0.2) is 9.59 Å². The molecule has 0 aliphatic carbocycles. The van der Waals surface area contributed by atoms with E-state index < -0.39 is 23.7 Å². The average Bonchev–Trinajstić information content (AvgIpc) is 2.90. The van der Waals surface area contributed by atoms with Gasteiger partial charge in [-0.15, -0.1) is 0 Å². The lowest BCUT2D eigenvalue weighted by molar-refractivity contribution is -0.144. The van der Waals surface area contributed by atoms with Crippen LogP contribution in [-0.4, -0.2) is 41.3 Å². The standard InChI is InChI=1S/C19H24N2O5/c1-12(22)20-15(17(23)25-5)10-13-11-21(18(24)26-19(2,3)4)16-9-7-6-8-14(13)16/h6-9,11,15H,10H2,1-5H3,(H,20,22)/t15-/m1/s1. The number of hydrogen-bond acceptors (Lipinski definition) is 5. The molecule has 1 atom stereocenters. The lowest BCUT2D eigenvalue weighted by Gasteiger charge is -2.19. The van der Waals surface area contributed by atoms with Crippen molar-refractivity contribution < 1.29 is 23.9 Å². The first kappa shape index (κ1) is 19.5. The highest BCUT2D eigenvalue weighted by Gasteiger charge is 2.25. The van der Waals surface area contributed by atoms with Crippen molar-refractivity contribution >= 4 is 28.9 Å². The first-order valence-electron chi connectivity index (χ1n) is 8.29. The van der Waals surface area contributed by atoms with Crippen molar-refractivity contribution in [1.82, 2.24) is 9.88 Å². The van der Waals surface area contributed by atoms with Crippen LogP contribution in [0.25, 0.3) is 10.9 Å². The Morgan fingerprint density at radius 3 is 2.42 bits per heavy atom. The number of hydrogen-bond donors (Lipinski definition) is 1. The Balaban J connectivity index is 2.43. The zero-order chi connectivity index (χ0) is 19.5. The molecule has 7 nitrogen and oxygen atoms in total. The summed E-state index contributed by atoms with van der Waals surface area (Å²) in [7, 11) is 1.27. The summed E-state index contributed by atoms with van der Waals surface area (Å²) in [6.07, 6.45) is 1.33. The fourth-order valence-electron chi connectivity index (χ4n) is 2.68. The Bertz CT molecular complexity index is 832. The van der Waals surface area contributed by atoms with Gasteiger partial charge in [0.1, 0.15) is 11.6 Å². The van der Waals surface area contributed by atoms with E-state index in [2.05, 4.69) is 5.32 Å². The van der Waals surface area contributed by atoms with E-state index in [0.29, 0.717) is 5.52 Å². The van der Waals surface area contributed by atoms with Crippen molar-refractivity contribution in [2.24, 2.45) is 0 Å². The van der Waals surface area contributed by atoms with Crippen molar-refractivity contribution in [2.45, 2.75) is 45.8 Å². The second-order valence-electron chi connectivity index (χ2n) is 7.00. The van der Waals surface area contributed by atoms with Gasteiger partial charge in [0.2, 0.25) is 5.91 Å². The molecule has 1 aromatic heterocycles. The average molecular weight is 360 g/mol. The minimum atomic E-state index is -0.838. The minimum absolute atomic E-state index is 0.197. The molecule has 0 saturated carbocycles. The highest BCUT2D eigenvalue weighted by Crippen LogP contribution is 2.24. The highest BCUT2D eigenvalue weighted by molar-refractivity contribution is 5.93. The SMILES string of the molecule is COC(=O)[C@@H](Cc1cn(C(=O)OC(C)(C)C)c2ccccc12)NC(C)=O. The first-order valence-corrected chi connectivity index (χ1v) is 8.29. The second-order valence-corrected chi connectivity index (χ2v) is 7.00. The second kappa shape index (κ2) is 7.59. The number of aromatic nitrogens is 1. The maximum absolute atomic E-state index is 12.5. The number of benzene rings is 1. The van der Waals surface area contributed by atoms with Gasteiger partial charge >= 0.3 is 12.1 Å². The normalized spacial score (nSPS) is 12.5. The van der Waals surface area contributed by atoms with E-state index in [1.54, 1.807) is 33.0 Å². The monoisotopic (exact) mass is 360 g/mol. The van der Waals surface area contributed by atoms with Crippen molar-refractivity contribution in [3.8, 4) is 0 Å². The van der Waals surface area contributed by atoms with E-state index in [1.165, 1.54) is 18.6 Å². The summed E-state index contributed by atoms with van der Waals surface area (Å²) in [5.41, 5.74) is 0.770. The molecule has 0 aliphatic rings. The van der Waals surface area contributed by atoms with Gasteiger partial charge in [-0.1, -0.05) is 18.2 Å². The number of amides is 1. The number of rotatable bonds is 4. The van der Waals surface area contributed by atoms with E-state index >= 15 is 0 Å². The molecular weight excluding hydrogens is 336 g/mol. The molecule has 2 aromatic rings. The van der Waals surface area contributed by atoms with E-state index in [-0.39, 0.29) is 12.3 Å². The van der Waals surface area contributed by atoms with Crippen molar-refractivity contribution in [1.29, 1.82) is 0 Å². The van der Waals surface area contributed by atoms with Gasteiger partial charge in [0.05, 0.1) is 12.6 Å². The van der Waals surface area contributed by atoms with Gasteiger partial charge in [-0.05, 0) is 32.4 Å². The van der Waals surface area contributed by atoms with Crippen LogP contribution in [0.15, 0.2) is 30.5 Å². The van der Waals surface area contributed by atoms with Crippen LogP contribution in [0.3, 0.4) is 0 Å². The first-order chi connectivity index (χ1) is 12.1. The summed E-state index contributed by atoms with van der Waals surface area (Å²) in [5, 5.41) is 3.38. The van der Waals surface area contributed by atoms with E-state index in [0.717, 1.165) is 10.9 Å². The Morgan fingerprint density at radius 2 is 1.85 bits per heavy atom. The molecule has 7 heteroatoms. The number of nitrogens with zero attached hydrogens (tertiary/aromatic N) is 1. The Kier molecular flexibility index (Phi) is 5.69. The Morgan fingerprint density at radius 1 is 1.19 bits per heavy atom. The van der Waals surface area contributed by atoms with Crippen LogP contribution >= 0.6 is 0 Å². The van der Waals surface area contributed by atoms with E-state index in [1.807, 2.05) is 18.2 Å². The quantitative estimate of drug-likeness (QED) is 0.847. The van der Waals surface area contributed by atoms with Gasteiger partial charge in [0.15, 0.2) is 0 Å². The van der Waals surface area contributed by atoms with Gasteiger partial charge in [0.25, 0.3) is 0 Å². The summed E-state index contributed by atoms with van der Waals surface area (Å²) in [5.74, 6) is -0.884. The Labute approximate surface area is 152 Å². The van der Waals surface area contributed by atoms with Crippen LogP contribution < -0.4 is 5.32 Å². The number of para-hydroxylation sites is 1. The largest absolute Gasteiger partial charge is 0.467 e. The number of fused-ring (bicyclic) bond motifs is 1. The van der Waals surface area contributed by atoms with E-state index in [4.69, 9.17) is 9.47 Å². The number of carbonyl (C=O) groups is 3. The van der Waals surface area contributed by atoms with Crippen LogP contribution in [0.5, 0.6) is 0 Å².